The Balaban J connectivity index is 2.65. The van der Waals surface area contributed by atoms with Gasteiger partial charge in [0.25, 0.3) is 0 Å². The van der Waals surface area contributed by atoms with E-state index in [1.54, 1.807) is 0 Å². The summed E-state index contributed by atoms with van der Waals surface area (Å²) in [7, 11) is 0. The third kappa shape index (κ3) is 7.91. The summed E-state index contributed by atoms with van der Waals surface area (Å²) in [6, 6.07) is -3.31. The molecule has 0 bridgehead atoms. The SMILES string of the molecule is CC(C)CC(NC(=O)C(C)NC(=O)C1CCCN1C(=O)C(N)CCCCN)C(=O)O. The van der Waals surface area contributed by atoms with E-state index in [0.717, 1.165) is 12.8 Å². The number of rotatable bonds is 12. The van der Waals surface area contributed by atoms with Crippen molar-refractivity contribution >= 4 is 23.7 Å². The maximum Gasteiger partial charge on any atom is 0.326 e. The highest BCUT2D eigenvalue weighted by molar-refractivity contribution is 5.94. The predicted molar refractivity (Wildman–Crippen MR) is 112 cm³/mol. The number of amides is 3. The zero-order valence-electron chi connectivity index (χ0n) is 18.2. The number of unbranched alkanes of at least 4 members (excludes halogenated alkanes) is 1. The second kappa shape index (κ2) is 12.5. The van der Waals surface area contributed by atoms with Crippen molar-refractivity contribution < 1.29 is 24.3 Å². The van der Waals surface area contributed by atoms with Crippen LogP contribution < -0.4 is 22.1 Å². The van der Waals surface area contributed by atoms with Gasteiger partial charge in [-0.25, -0.2) is 4.79 Å². The van der Waals surface area contributed by atoms with Gasteiger partial charge in [0.05, 0.1) is 6.04 Å². The molecular weight excluding hydrogens is 390 g/mol. The number of nitrogens with one attached hydrogen (secondary N) is 2. The summed E-state index contributed by atoms with van der Waals surface area (Å²) >= 11 is 0. The van der Waals surface area contributed by atoms with Crippen molar-refractivity contribution in [1.82, 2.24) is 15.5 Å². The number of aliphatic carboxylic acids is 1. The Kier molecular flexibility index (Phi) is 10.8. The van der Waals surface area contributed by atoms with Crippen LogP contribution in [0.2, 0.25) is 0 Å². The molecule has 10 nitrogen and oxygen atoms in total. The number of hydrogen-bond donors (Lipinski definition) is 5. The molecule has 1 rings (SSSR count). The van der Waals surface area contributed by atoms with Crippen LogP contribution in [0.5, 0.6) is 0 Å². The molecule has 0 aromatic carbocycles. The van der Waals surface area contributed by atoms with Crippen molar-refractivity contribution in [2.45, 2.75) is 83.5 Å². The third-order valence-electron chi connectivity index (χ3n) is 5.20. The van der Waals surface area contributed by atoms with Crippen LogP contribution in [-0.4, -0.2) is 71.0 Å². The van der Waals surface area contributed by atoms with Crippen LogP contribution >= 0.6 is 0 Å². The lowest BCUT2D eigenvalue weighted by atomic mass is 10.0. The first-order valence-electron chi connectivity index (χ1n) is 10.7. The number of carboxylic acids is 1. The molecule has 4 unspecified atom stereocenters. The van der Waals surface area contributed by atoms with Crippen LogP contribution in [0.15, 0.2) is 0 Å². The first-order valence-corrected chi connectivity index (χ1v) is 10.7. The predicted octanol–water partition coefficient (Wildman–Crippen LogP) is -0.446. The maximum atomic E-state index is 12.7. The molecule has 0 aromatic heterocycles. The minimum atomic E-state index is -1.12. The van der Waals surface area contributed by atoms with Crippen LogP contribution in [0.1, 0.15) is 59.3 Å². The van der Waals surface area contributed by atoms with Gasteiger partial charge in [-0.1, -0.05) is 20.3 Å². The molecule has 1 heterocycles. The summed E-state index contributed by atoms with van der Waals surface area (Å²) in [5.41, 5.74) is 11.5. The van der Waals surface area contributed by atoms with Crippen LogP contribution in [0.25, 0.3) is 0 Å². The van der Waals surface area contributed by atoms with Crippen LogP contribution in [0.4, 0.5) is 0 Å². The molecule has 4 atom stereocenters. The number of carboxylic acid groups (broad SMARTS) is 1. The van der Waals surface area contributed by atoms with Crippen LogP contribution in [-0.2, 0) is 19.2 Å². The topological polar surface area (TPSA) is 168 Å². The van der Waals surface area contributed by atoms with Crippen molar-refractivity contribution in [3.8, 4) is 0 Å². The zero-order chi connectivity index (χ0) is 22.8. The van der Waals surface area contributed by atoms with Crippen LogP contribution in [0.3, 0.4) is 0 Å². The molecule has 0 radical (unpaired) electrons. The van der Waals surface area contributed by atoms with Gasteiger partial charge in [0, 0.05) is 6.54 Å². The van der Waals surface area contributed by atoms with E-state index in [0.29, 0.717) is 32.4 Å². The Labute approximate surface area is 178 Å². The van der Waals surface area contributed by atoms with Gasteiger partial charge in [0.2, 0.25) is 17.7 Å². The molecule has 1 fully saturated rings. The van der Waals surface area contributed by atoms with Crippen molar-refractivity contribution in [3.63, 3.8) is 0 Å². The maximum absolute atomic E-state index is 12.7. The summed E-state index contributed by atoms with van der Waals surface area (Å²) in [6.07, 6.45) is 3.49. The number of carbonyl (C=O) groups is 4. The van der Waals surface area contributed by atoms with Crippen molar-refractivity contribution in [3.05, 3.63) is 0 Å². The molecule has 30 heavy (non-hydrogen) atoms. The Morgan fingerprint density at radius 2 is 1.80 bits per heavy atom. The Morgan fingerprint density at radius 3 is 2.37 bits per heavy atom. The van der Waals surface area contributed by atoms with Gasteiger partial charge in [-0.05, 0) is 51.5 Å². The highest BCUT2D eigenvalue weighted by atomic mass is 16.4. The molecule has 10 heteroatoms. The fourth-order valence-electron chi connectivity index (χ4n) is 3.51. The summed E-state index contributed by atoms with van der Waals surface area (Å²) in [4.78, 5) is 50.5. The van der Waals surface area contributed by atoms with Gasteiger partial charge in [-0.2, -0.15) is 0 Å². The van der Waals surface area contributed by atoms with Gasteiger partial charge in [-0.3, -0.25) is 14.4 Å². The Bertz CT molecular complexity index is 612. The minimum absolute atomic E-state index is 0.0865. The van der Waals surface area contributed by atoms with Crippen LogP contribution in [0, 0.1) is 5.92 Å². The second-order valence-electron chi connectivity index (χ2n) is 8.34. The number of hydrogen-bond acceptors (Lipinski definition) is 6. The second-order valence-corrected chi connectivity index (χ2v) is 8.34. The van der Waals surface area contributed by atoms with E-state index in [4.69, 9.17) is 11.5 Å². The highest BCUT2D eigenvalue weighted by Crippen LogP contribution is 2.19. The third-order valence-corrected chi connectivity index (χ3v) is 5.20. The first-order chi connectivity index (χ1) is 14.1. The average Bonchev–Trinajstić information content (AvgIpc) is 3.16. The average molecular weight is 428 g/mol. The molecule has 7 N–H and O–H groups in total. The number of nitrogens with two attached hydrogens (primary N) is 2. The molecule has 0 aromatic rings. The zero-order valence-corrected chi connectivity index (χ0v) is 18.2. The summed E-state index contributed by atoms with van der Waals surface area (Å²) in [6.45, 7) is 6.19. The van der Waals surface area contributed by atoms with E-state index in [1.807, 2.05) is 13.8 Å². The molecule has 0 spiro atoms. The van der Waals surface area contributed by atoms with Gasteiger partial charge in [0.15, 0.2) is 0 Å². The van der Waals surface area contributed by atoms with E-state index in [2.05, 4.69) is 10.6 Å². The molecule has 1 aliphatic rings. The lowest BCUT2D eigenvalue weighted by Gasteiger charge is -2.28. The summed E-state index contributed by atoms with van der Waals surface area (Å²) < 4.78 is 0. The summed E-state index contributed by atoms with van der Waals surface area (Å²) in [5, 5.41) is 14.3. The largest absolute Gasteiger partial charge is 0.480 e. The van der Waals surface area contributed by atoms with Gasteiger partial charge < -0.3 is 32.1 Å². The van der Waals surface area contributed by atoms with Gasteiger partial charge >= 0.3 is 5.97 Å². The molecule has 3 amide bonds. The number of likely N-dealkylation sites (tertiary alicyclic amines) is 1. The monoisotopic (exact) mass is 427 g/mol. The van der Waals surface area contributed by atoms with Crippen molar-refractivity contribution in [2.24, 2.45) is 17.4 Å². The highest BCUT2D eigenvalue weighted by Gasteiger charge is 2.37. The fraction of sp³-hybridized carbons (Fsp3) is 0.800. The number of carbonyl (C=O) groups excluding carboxylic acids is 3. The van der Waals surface area contributed by atoms with Crippen molar-refractivity contribution in [2.75, 3.05) is 13.1 Å². The molecule has 172 valence electrons. The normalized spacial score (nSPS) is 19.3. The summed E-state index contributed by atoms with van der Waals surface area (Å²) in [5.74, 6) is -2.32. The first kappa shape index (κ1) is 25.8. The van der Waals surface area contributed by atoms with E-state index in [-0.39, 0.29) is 18.2 Å². The standard InChI is InChI=1S/C20H37N5O5/c1-12(2)11-15(20(29)30)24-17(26)13(3)23-18(27)16-8-6-10-25(16)19(28)14(22)7-4-5-9-21/h12-16H,4-11,21-22H2,1-3H3,(H,23,27)(H,24,26)(H,29,30). The molecular formula is C20H37N5O5. The molecule has 1 saturated heterocycles. The lowest BCUT2D eigenvalue weighted by molar-refractivity contribution is -0.143. The molecule has 0 saturated carbocycles. The van der Waals surface area contributed by atoms with Gasteiger partial charge in [0.1, 0.15) is 18.1 Å². The minimum Gasteiger partial charge on any atom is -0.480 e. The van der Waals surface area contributed by atoms with E-state index >= 15 is 0 Å². The molecule has 0 aliphatic carbocycles. The fourth-order valence-corrected chi connectivity index (χ4v) is 3.51. The van der Waals surface area contributed by atoms with Crippen molar-refractivity contribution in [1.29, 1.82) is 0 Å². The smallest absolute Gasteiger partial charge is 0.326 e. The Hall–Kier alpha value is -2.20. The number of nitrogens with zero attached hydrogens (tertiary/aromatic N) is 1. The van der Waals surface area contributed by atoms with E-state index in [9.17, 15) is 24.3 Å². The Morgan fingerprint density at radius 1 is 1.13 bits per heavy atom. The molecule has 1 aliphatic heterocycles. The lowest BCUT2D eigenvalue weighted by Crippen LogP contribution is -2.55. The van der Waals surface area contributed by atoms with Gasteiger partial charge in [-0.15, -0.1) is 0 Å². The quantitative estimate of drug-likeness (QED) is 0.263. The van der Waals surface area contributed by atoms with E-state index < -0.39 is 42.0 Å². The van der Waals surface area contributed by atoms with E-state index in [1.165, 1.54) is 11.8 Å².